The van der Waals surface area contributed by atoms with Crippen molar-refractivity contribution in [3.05, 3.63) is 59.2 Å². The van der Waals surface area contributed by atoms with Crippen LogP contribution in [0.2, 0.25) is 5.02 Å². The van der Waals surface area contributed by atoms with Gasteiger partial charge in [0.2, 0.25) is 15.9 Å². The van der Waals surface area contributed by atoms with Crippen molar-refractivity contribution in [3.63, 3.8) is 0 Å². The van der Waals surface area contributed by atoms with E-state index in [2.05, 4.69) is 25.4 Å². The van der Waals surface area contributed by atoms with Crippen LogP contribution in [0.15, 0.2) is 47.0 Å². The van der Waals surface area contributed by atoms with E-state index in [1.165, 1.54) is 10.5 Å². The fraction of sp³-hybridized carbons (Fsp3) is 0.435. The maximum absolute atomic E-state index is 13.8. The van der Waals surface area contributed by atoms with Gasteiger partial charge in [0.15, 0.2) is 0 Å². The molecule has 1 aromatic carbocycles. The van der Waals surface area contributed by atoms with E-state index in [1.54, 1.807) is 36.4 Å². The molecular formula is C23H28Cl4F2N6O3S. The number of rotatable bonds is 8. The number of pyridine rings is 1. The van der Waals surface area contributed by atoms with Crippen molar-refractivity contribution in [2.75, 3.05) is 30.5 Å². The summed E-state index contributed by atoms with van der Waals surface area (Å²) in [6.07, 6.45) is -0.378. The number of likely N-dealkylation sites (tertiary alicyclic amines) is 1. The van der Waals surface area contributed by atoms with Gasteiger partial charge in [0, 0.05) is 30.4 Å². The molecule has 2 aromatic heterocycles. The number of hydrogen-bond acceptors (Lipinski definition) is 8. The molecule has 5 rings (SSSR count). The second-order valence-corrected chi connectivity index (χ2v) is 11.4. The molecular weight excluding hydrogens is 620 g/mol. The molecule has 4 heterocycles. The van der Waals surface area contributed by atoms with Crippen LogP contribution in [0, 0.1) is 0 Å². The molecule has 0 radical (unpaired) electrons. The lowest BCUT2D eigenvalue weighted by Gasteiger charge is -2.42. The van der Waals surface area contributed by atoms with Crippen LogP contribution in [-0.4, -0.2) is 66.0 Å². The topological polar surface area (TPSA) is 104 Å². The highest BCUT2D eigenvalue weighted by molar-refractivity contribution is 7.93. The summed E-state index contributed by atoms with van der Waals surface area (Å²) < 4.78 is 59.5. The molecule has 0 bridgehead atoms. The van der Waals surface area contributed by atoms with Gasteiger partial charge in [-0.15, -0.1) is 47.4 Å². The monoisotopic (exact) mass is 646 g/mol. The van der Waals surface area contributed by atoms with Gasteiger partial charge in [-0.2, -0.15) is 8.78 Å². The van der Waals surface area contributed by atoms with Crippen molar-refractivity contribution in [1.29, 1.82) is 0 Å². The number of nitrogens with zero attached hydrogens (tertiary/aromatic N) is 5. The summed E-state index contributed by atoms with van der Waals surface area (Å²) in [6.45, 7) is 3.35. The summed E-state index contributed by atoms with van der Waals surface area (Å²) in [5.41, 5.74) is 1.28. The highest BCUT2D eigenvalue weighted by Gasteiger charge is 2.37. The van der Waals surface area contributed by atoms with E-state index in [1.807, 2.05) is 0 Å². The summed E-state index contributed by atoms with van der Waals surface area (Å²) in [4.78, 5) is 6.69. The minimum Gasteiger partial charge on any atom is -0.415 e. The van der Waals surface area contributed by atoms with Crippen molar-refractivity contribution < 1.29 is 21.6 Å². The number of nitrogens with one attached hydrogen (secondary N) is 1. The standard InChI is InChI=1S/C23H25ClF2N6O3S.3ClH/c24-16-2-1-3-18(10-16)32(36(33,34)20-6-8-31(9-7-20)19-12-27-13-19)14-17-5-4-15(11-28-17)22-29-30-23(35-22)21(25)26;;;/h1-5,10-11,19-21,27H,6-9,12-14H2;3*1H. The Bertz CT molecular complexity index is 1310. The van der Waals surface area contributed by atoms with E-state index in [4.69, 9.17) is 16.0 Å². The van der Waals surface area contributed by atoms with Crippen LogP contribution in [0.5, 0.6) is 0 Å². The van der Waals surface area contributed by atoms with E-state index in [-0.39, 0.29) is 49.7 Å². The number of piperidine rings is 1. The molecule has 0 aliphatic carbocycles. The van der Waals surface area contributed by atoms with Crippen molar-refractivity contribution in [1.82, 2.24) is 25.4 Å². The summed E-state index contributed by atoms with van der Waals surface area (Å²) in [5, 5.41) is 10.1. The molecule has 16 heteroatoms. The molecule has 1 N–H and O–H groups in total. The zero-order valence-corrected chi connectivity index (χ0v) is 24.5. The number of hydrogen-bond donors (Lipinski definition) is 1. The van der Waals surface area contributed by atoms with Gasteiger partial charge in [-0.3, -0.25) is 14.2 Å². The van der Waals surface area contributed by atoms with Crippen LogP contribution in [-0.2, 0) is 16.6 Å². The van der Waals surface area contributed by atoms with Gasteiger partial charge in [0.1, 0.15) is 0 Å². The Balaban J connectivity index is 0.00000178. The van der Waals surface area contributed by atoms with Gasteiger partial charge in [-0.05, 0) is 56.3 Å². The van der Waals surface area contributed by atoms with E-state index in [9.17, 15) is 17.2 Å². The molecule has 216 valence electrons. The minimum absolute atomic E-state index is 0. The molecule has 0 saturated carbocycles. The Labute approximate surface area is 249 Å². The minimum atomic E-state index is -3.73. The third kappa shape index (κ3) is 7.49. The molecule has 2 aliphatic rings. The van der Waals surface area contributed by atoms with Crippen LogP contribution in [0.3, 0.4) is 0 Å². The predicted octanol–water partition coefficient (Wildman–Crippen LogP) is 4.76. The van der Waals surface area contributed by atoms with Gasteiger partial charge in [-0.25, -0.2) is 8.42 Å². The summed E-state index contributed by atoms with van der Waals surface area (Å²) >= 11 is 6.19. The summed E-state index contributed by atoms with van der Waals surface area (Å²) in [7, 11) is -3.73. The largest absolute Gasteiger partial charge is 0.415 e. The predicted molar refractivity (Wildman–Crippen MR) is 152 cm³/mol. The second-order valence-electron chi connectivity index (χ2n) is 8.86. The van der Waals surface area contributed by atoms with Crippen molar-refractivity contribution >= 4 is 64.5 Å². The van der Waals surface area contributed by atoms with Gasteiger partial charge < -0.3 is 9.73 Å². The zero-order chi connectivity index (χ0) is 25.3. The second kappa shape index (κ2) is 14.2. The Morgan fingerprint density at radius 3 is 2.36 bits per heavy atom. The molecule has 39 heavy (non-hydrogen) atoms. The smallest absolute Gasteiger partial charge is 0.314 e. The lowest BCUT2D eigenvalue weighted by atomic mass is 10.0. The number of alkyl halides is 2. The highest BCUT2D eigenvalue weighted by atomic mass is 35.5. The van der Waals surface area contributed by atoms with Crippen molar-refractivity contribution in [3.8, 4) is 11.5 Å². The Kier molecular flexibility index (Phi) is 12.2. The Morgan fingerprint density at radius 1 is 1.10 bits per heavy atom. The van der Waals surface area contributed by atoms with E-state index in [0.717, 1.165) is 26.2 Å². The Morgan fingerprint density at radius 2 is 1.82 bits per heavy atom. The molecule has 0 spiro atoms. The normalized spacial score (nSPS) is 16.5. The van der Waals surface area contributed by atoms with Crippen LogP contribution in [0.25, 0.3) is 11.5 Å². The third-order valence-corrected chi connectivity index (χ3v) is 9.09. The van der Waals surface area contributed by atoms with Crippen LogP contribution < -0.4 is 9.62 Å². The van der Waals surface area contributed by atoms with Crippen LogP contribution >= 0.6 is 48.8 Å². The lowest BCUT2D eigenvalue weighted by Crippen LogP contribution is -2.59. The Hall–Kier alpha value is -1.80. The number of sulfonamides is 1. The molecule has 2 aliphatic heterocycles. The number of halogens is 6. The quantitative estimate of drug-likeness (QED) is 0.373. The van der Waals surface area contributed by atoms with Gasteiger partial charge in [0.05, 0.1) is 28.7 Å². The summed E-state index contributed by atoms with van der Waals surface area (Å²) in [6, 6.07) is 10.4. The van der Waals surface area contributed by atoms with Gasteiger partial charge in [-0.1, -0.05) is 17.7 Å². The molecule has 2 saturated heterocycles. The third-order valence-electron chi connectivity index (χ3n) is 6.58. The average molecular weight is 648 g/mol. The van der Waals surface area contributed by atoms with Crippen LogP contribution in [0.1, 0.15) is 30.9 Å². The van der Waals surface area contributed by atoms with Crippen LogP contribution in [0.4, 0.5) is 14.5 Å². The first kappa shape index (κ1) is 33.4. The fourth-order valence-corrected chi connectivity index (χ4v) is 6.51. The maximum atomic E-state index is 13.8. The highest BCUT2D eigenvalue weighted by Crippen LogP contribution is 2.30. The number of anilines is 1. The van der Waals surface area contributed by atoms with Crippen molar-refractivity contribution in [2.45, 2.75) is 37.1 Å². The molecule has 0 amide bonds. The van der Waals surface area contributed by atoms with E-state index >= 15 is 0 Å². The fourth-order valence-electron chi connectivity index (χ4n) is 4.44. The molecule has 0 unspecified atom stereocenters. The first-order valence-electron chi connectivity index (χ1n) is 11.6. The summed E-state index contributed by atoms with van der Waals surface area (Å²) in [5.74, 6) is -0.857. The van der Waals surface area contributed by atoms with Gasteiger partial charge >= 0.3 is 6.43 Å². The van der Waals surface area contributed by atoms with Crippen molar-refractivity contribution in [2.24, 2.45) is 0 Å². The first-order valence-corrected chi connectivity index (χ1v) is 13.5. The van der Waals surface area contributed by atoms with Gasteiger partial charge in [0.25, 0.3) is 5.89 Å². The lowest BCUT2D eigenvalue weighted by molar-refractivity contribution is 0.116. The molecule has 2 fully saturated rings. The first-order chi connectivity index (χ1) is 17.3. The van der Waals surface area contributed by atoms with E-state index < -0.39 is 27.6 Å². The maximum Gasteiger partial charge on any atom is 0.314 e. The average Bonchev–Trinajstić information content (AvgIpc) is 3.33. The molecule has 9 nitrogen and oxygen atoms in total. The van der Waals surface area contributed by atoms with E-state index in [0.29, 0.717) is 40.9 Å². The zero-order valence-electron chi connectivity index (χ0n) is 20.5. The number of aromatic nitrogens is 3. The molecule has 0 atom stereocenters. The molecule has 3 aromatic rings. The number of benzene rings is 1. The SMILES string of the molecule is Cl.Cl.Cl.O=S(=O)(C1CCN(C2CNC2)CC1)N(Cc1ccc(-c2nnc(C(F)F)o2)cn1)c1cccc(Cl)c1.